The average Bonchev–Trinajstić information content (AvgIpc) is 3.07. The van der Waals surface area contributed by atoms with Gasteiger partial charge in [0.2, 0.25) is 5.91 Å². The van der Waals surface area contributed by atoms with Gasteiger partial charge in [-0.05, 0) is 37.0 Å². The van der Waals surface area contributed by atoms with Gasteiger partial charge in [-0.2, -0.15) is 0 Å². The van der Waals surface area contributed by atoms with Crippen LogP contribution in [0.15, 0.2) is 72.9 Å². The van der Waals surface area contributed by atoms with E-state index in [4.69, 9.17) is 0 Å². The van der Waals surface area contributed by atoms with Crippen LogP contribution < -0.4 is 4.90 Å². The van der Waals surface area contributed by atoms with Crippen LogP contribution in [0.4, 0.5) is 5.69 Å². The maximum atomic E-state index is 13.0. The summed E-state index contributed by atoms with van der Waals surface area (Å²) >= 11 is 0. The summed E-state index contributed by atoms with van der Waals surface area (Å²) in [7, 11) is 0. The topological polar surface area (TPSA) is 37.4 Å². The number of ketones is 1. The number of Topliss-reactive ketones (excluding diaryl/α,β-unsaturated/α-hetero) is 1. The van der Waals surface area contributed by atoms with E-state index < -0.39 is 10.8 Å². The fourth-order valence-electron chi connectivity index (χ4n) is 3.91. The number of benzene rings is 2. The molecule has 3 rings (SSSR count). The number of para-hydroxylation sites is 1. The number of carbonyl (C=O) groups excluding carboxylic acids is 2. The number of rotatable bonds is 5. The van der Waals surface area contributed by atoms with Crippen LogP contribution in [0.3, 0.4) is 0 Å². The van der Waals surface area contributed by atoms with Crippen LogP contribution in [-0.4, -0.2) is 11.7 Å². The molecule has 0 spiro atoms. The molecular formula is C25H29NO2. The quantitative estimate of drug-likeness (QED) is 0.676. The fourth-order valence-corrected chi connectivity index (χ4v) is 3.91. The highest BCUT2D eigenvalue weighted by Gasteiger charge is 2.42. The third-order valence-electron chi connectivity index (χ3n) is 5.48. The zero-order valence-electron chi connectivity index (χ0n) is 17.0. The molecule has 146 valence electrons. The highest BCUT2D eigenvalue weighted by molar-refractivity contribution is 5.98. The molecule has 1 amide bonds. The third-order valence-corrected chi connectivity index (χ3v) is 5.48. The Balaban J connectivity index is 1.90. The Kier molecular flexibility index (Phi) is 5.83. The van der Waals surface area contributed by atoms with E-state index in [2.05, 4.69) is 0 Å². The first-order valence-corrected chi connectivity index (χ1v) is 9.99. The SMILES string of the molecule is CC(C)(C)C(=O)N(/C=C/C[C@]1(c2ccccc2)CCCC1=O)c1ccccc1. The summed E-state index contributed by atoms with van der Waals surface area (Å²) in [5.41, 5.74) is 0.950. The number of hydrogen-bond acceptors (Lipinski definition) is 2. The van der Waals surface area contributed by atoms with Crippen molar-refractivity contribution in [2.45, 2.75) is 51.9 Å². The van der Waals surface area contributed by atoms with E-state index in [1.54, 1.807) is 4.90 Å². The molecule has 2 aromatic rings. The minimum absolute atomic E-state index is 0.0291. The highest BCUT2D eigenvalue weighted by Crippen LogP contribution is 2.41. The largest absolute Gasteiger partial charge is 0.299 e. The minimum Gasteiger partial charge on any atom is -0.299 e. The van der Waals surface area contributed by atoms with Crippen molar-refractivity contribution >= 4 is 17.4 Å². The van der Waals surface area contributed by atoms with E-state index in [0.717, 1.165) is 24.1 Å². The Morgan fingerprint density at radius 3 is 2.18 bits per heavy atom. The van der Waals surface area contributed by atoms with Crippen LogP contribution in [-0.2, 0) is 15.0 Å². The van der Waals surface area contributed by atoms with Gasteiger partial charge in [0.25, 0.3) is 0 Å². The summed E-state index contributed by atoms with van der Waals surface area (Å²) in [6.07, 6.45) is 6.86. The lowest BCUT2D eigenvalue weighted by Gasteiger charge is -2.29. The molecule has 28 heavy (non-hydrogen) atoms. The van der Waals surface area contributed by atoms with Crippen LogP contribution in [0.1, 0.15) is 52.0 Å². The van der Waals surface area contributed by atoms with Crippen molar-refractivity contribution < 1.29 is 9.59 Å². The van der Waals surface area contributed by atoms with Gasteiger partial charge < -0.3 is 0 Å². The Morgan fingerprint density at radius 2 is 1.64 bits per heavy atom. The minimum atomic E-state index is -0.500. The van der Waals surface area contributed by atoms with Gasteiger partial charge >= 0.3 is 0 Å². The Labute approximate surface area is 168 Å². The van der Waals surface area contributed by atoms with Gasteiger partial charge in [-0.3, -0.25) is 14.5 Å². The molecule has 0 unspecified atom stereocenters. The summed E-state index contributed by atoms with van der Waals surface area (Å²) in [6, 6.07) is 19.7. The van der Waals surface area contributed by atoms with Crippen LogP contribution >= 0.6 is 0 Å². The lowest BCUT2D eigenvalue weighted by atomic mass is 9.75. The van der Waals surface area contributed by atoms with E-state index in [1.165, 1.54) is 0 Å². The average molecular weight is 376 g/mol. The molecule has 0 aromatic heterocycles. The first kappa shape index (κ1) is 20.1. The van der Waals surface area contributed by atoms with Gasteiger partial charge in [-0.15, -0.1) is 0 Å². The van der Waals surface area contributed by atoms with Gasteiger partial charge in [0.1, 0.15) is 5.78 Å². The number of allylic oxidation sites excluding steroid dienone is 1. The van der Waals surface area contributed by atoms with Gasteiger partial charge in [0.15, 0.2) is 0 Å². The van der Waals surface area contributed by atoms with E-state index >= 15 is 0 Å². The summed E-state index contributed by atoms with van der Waals surface area (Å²) in [6.45, 7) is 5.77. The maximum absolute atomic E-state index is 13.0. The normalized spacial score (nSPS) is 19.9. The molecule has 0 aliphatic heterocycles. The van der Waals surface area contributed by atoms with E-state index in [1.807, 2.05) is 93.7 Å². The van der Waals surface area contributed by atoms with Gasteiger partial charge in [0, 0.05) is 23.7 Å². The van der Waals surface area contributed by atoms with Crippen LogP contribution in [0.25, 0.3) is 0 Å². The van der Waals surface area contributed by atoms with Crippen molar-refractivity contribution in [3.05, 3.63) is 78.5 Å². The fraction of sp³-hybridized carbons (Fsp3) is 0.360. The van der Waals surface area contributed by atoms with Crippen molar-refractivity contribution in [3.63, 3.8) is 0 Å². The molecular weight excluding hydrogens is 346 g/mol. The van der Waals surface area contributed by atoms with Crippen molar-refractivity contribution in [2.75, 3.05) is 4.90 Å². The molecule has 3 heteroatoms. The van der Waals surface area contributed by atoms with Crippen molar-refractivity contribution in [1.29, 1.82) is 0 Å². The molecule has 1 saturated carbocycles. The standard InChI is InChI=1S/C25H29NO2/c1-24(2,3)23(28)26(21-14-8-5-9-15-21)19-11-18-25(17-10-16-22(25)27)20-12-6-4-7-13-20/h4-9,11-15,19H,10,16-18H2,1-3H3/b19-11+/t25-/m0/s1. The molecule has 0 heterocycles. The number of carbonyl (C=O) groups is 2. The summed E-state index contributed by atoms with van der Waals surface area (Å²) < 4.78 is 0. The van der Waals surface area contributed by atoms with Crippen LogP contribution in [0.2, 0.25) is 0 Å². The molecule has 1 fully saturated rings. The second-order valence-electron chi connectivity index (χ2n) is 8.57. The Morgan fingerprint density at radius 1 is 1.04 bits per heavy atom. The number of hydrogen-bond donors (Lipinski definition) is 0. The van der Waals surface area contributed by atoms with Gasteiger partial charge in [-0.1, -0.05) is 75.4 Å². The molecule has 0 bridgehead atoms. The summed E-state index contributed by atoms with van der Waals surface area (Å²) in [5, 5.41) is 0. The Bertz CT molecular complexity index is 849. The lowest BCUT2D eigenvalue weighted by molar-refractivity contribution is -0.125. The zero-order valence-corrected chi connectivity index (χ0v) is 17.0. The molecule has 0 saturated heterocycles. The first-order valence-electron chi connectivity index (χ1n) is 9.99. The summed E-state index contributed by atoms with van der Waals surface area (Å²) in [4.78, 5) is 27.5. The Hall–Kier alpha value is -2.68. The van der Waals surface area contributed by atoms with Crippen LogP contribution in [0, 0.1) is 5.41 Å². The van der Waals surface area contributed by atoms with Crippen molar-refractivity contribution in [3.8, 4) is 0 Å². The van der Waals surface area contributed by atoms with Crippen molar-refractivity contribution in [1.82, 2.24) is 0 Å². The van der Waals surface area contributed by atoms with Crippen molar-refractivity contribution in [2.24, 2.45) is 5.41 Å². The molecule has 1 aliphatic rings. The second kappa shape index (κ2) is 8.14. The zero-order chi connectivity index (χ0) is 20.2. The maximum Gasteiger partial charge on any atom is 0.236 e. The van der Waals surface area contributed by atoms with E-state index in [-0.39, 0.29) is 5.91 Å². The predicted molar refractivity (Wildman–Crippen MR) is 114 cm³/mol. The highest BCUT2D eigenvalue weighted by atomic mass is 16.2. The molecule has 3 nitrogen and oxygen atoms in total. The van der Waals surface area contributed by atoms with E-state index in [0.29, 0.717) is 18.6 Å². The molecule has 1 aliphatic carbocycles. The van der Waals surface area contributed by atoms with E-state index in [9.17, 15) is 9.59 Å². The first-order chi connectivity index (χ1) is 13.3. The molecule has 0 radical (unpaired) electrons. The number of amides is 1. The second-order valence-corrected chi connectivity index (χ2v) is 8.57. The smallest absolute Gasteiger partial charge is 0.236 e. The summed E-state index contributed by atoms with van der Waals surface area (Å²) in [5.74, 6) is 0.332. The number of anilines is 1. The van der Waals surface area contributed by atoms with Gasteiger partial charge in [0.05, 0.1) is 5.41 Å². The monoisotopic (exact) mass is 375 g/mol. The molecule has 0 N–H and O–H groups in total. The lowest BCUT2D eigenvalue weighted by Crippen LogP contribution is -2.36. The molecule has 1 atom stereocenters. The molecule has 2 aromatic carbocycles. The third kappa shape index (κ3) is 4.09. The van der Waals surface area contributed by atoms with Crippen LogP contribution in [0.5, 0.6) is 0 Å². The number of nitrogens with zero attached hydrogens (tertiary/aromatic N) is 1. The van der Waals surface area contributed by atoms with Gasteiger partial charge in [-0.25, -0.2) is 0 Å². The predicted octanol–water partition coefficient (Wildman–Crippen LogP) is 5.66.